The highest BCUT2D eigenvalue weighted by Crippen LogP contribution is 2.24. The van der Waals surface area contributed by atoms with Gasteiger partial charge in [0.15, 0.2) is 0 Å². The van der Waals surface area contributed by atoms with Crippen LogP contribution < -0.4 is 21.8 Å². The first-order valence-electron chi connectivity index (χ1n) is 8.44. The molecule has 3 rings (SSSR count). The Balaban J connectivity index is 1.79. The molecule has 0 saturated carbocycles. The second-order valence-electron chi connectivity index (χ2n) is 5.94. The summed E-state index contributed by atoms with van der Waals surface area (Å²) in [4.78, 5) is 8.64. The maximum absolute atomic E-state index is 13.7. The number of hydrazone groups is 1. The van der Waals surface area contributed by atoms with Crippen LogP contribution in [0.3, 0.4) is 0 Å². The lowest BCUT2D eigenvalue weighted by atomic mass is 10.1. The molecule has 0 saturated heterocycles. The molecule has 0 aliphatic heterocycles. The molecule has 0 amide bonds. The van der Waals surface area contributed by atoms with Crippen LogP contribution in [0.1, 0.15) is 6.92 Å². The highest BCUT2D eigenvalue weighted by atomic mass is 19.1. The molecule has 28 heavy (non-hydrogen) atoms. The molecule has 1 heterocycles. The fourth-order valence-electron chi connectivity index (χ4n) is 2.47. The van der Waals surface area contributed by atoms with E-state index in [1.165, 1.54) is 12.1 Å². The van der Waals surface area contributed by atoms with Gasteiger partial charge in [-0.25, -0.2) is 19.4 Å². The van der Waals surface area contributed by atoms with E-state index in [-0.39, 0.29) is 5.69 Å². The van der Waals surface area contributed by atoms with E-state index in [4.69, 9.17) is 11.5 Å². The van der Waals surface area contributed by atoms with E-state index in [1.807, 2.05) is 24.3 Å². The van der Waals surface area contributed by atoms with Crippen molar-refractivity contribution in [2.45, 2.75) is 6.92 Å². The Labute approximate surface area is 162 Å². The molecule has 0 aliphatic carbocycles. The molecular weight excluding hydrogens is 357 g/mol. The van der Waals surface area contributed by atoms with Crippen molar-refractivity contribution in [2.24, 2.45) is 10.8 Å². The average Bonchev–Trinajstić information content (AvgIpc) is 2.69. The summed E-state index contributed by atoms with van der Waals surface area (Å²) >= 11 is 0. The zero-order valence-corrected chi connectivity index (χ0v) is 15.3. The van der Waals surface area contributed by atoms with Gasteiger partial charge in [0, 0.05) is 23.6 Å². The van der Waals surface area contributed by atoms with Crippen LogP contribution in [0, 0.1) is 5.82 Å². The van der Waals surface area contributed by atoms with E-state index in [1.54, 1.807) is 36.5 Å². The molecule has 1 aromatic heterocycles. The summed E-state index contributed by atoms with van der Waals surface area (Å²) in [5, 5.41) is 8.86. The minimum absolute atomic E-state index is 0.0963. The molecule has 0 atom stereocenters. The molecule has 0 fully saturated rings. The van der Waals surface area contributed by atoms with Crippen LogP contribution in [0.25, 0.3) is 11.3 Å². The standard InChI is InChI=1S/C20H20FN7/c1-3-28(27-13(2)22)16-7-5-15(6-8-16)25-20-24-11-10-19(26-20)14-4-9-18(23)17(21)12-14/h3-12H,1,23H2,2H3,(H2,22,27)(H,24,25,26). The first-order valence-corrected chi connectivity index (χ1v) is 8.44. The van der Waals surface area contributed by atoms with Gasteiger partial charge in [-0.15, -0.1) is 0 Å². The SMILES string of the molecule is C=CN(/N=C(/C)N)c1ccc(Nc2nccc(-c3ccc(N)c(F)c3)n2)cc1. The van der Waals surface area contributed by atoms with Gasteiger partial charge in [-0.1, -0.05) is 12.6 Å². The van der Waals surface area contributed by atoms with Crippen molar-refractivity contribution in [2.75, 3.05) is 16.1 Å². The third-order valence-electron chi connectivity index (χ3n) is 3.78. The van der Waals surface area contributed by atoms with Crippen LogP contribution in [-0.4, -0.2) is 15.8 Å². The lowest BCUT2D eigenvalue weighted by molar-refractivity contribution is 0.633. The quantitative estimate of drug-likeness (QED) is 0.261. The summed E-state index contributed by atoms with van der Waals surface area (Å²) < 4.78 is 13.7. The van der Waals surface area contributed by atoms with Crippen LogP contribution in [-0.2, 0) is 0 Å². The molecule has 0 bridgehead atoms. The average molecular weight is 377 g/mol. The summed E-state index contributed by atoms with van der Waals surface area (Å²) in [5.41, 5.74) is 14.0. The topological polar surface area (TPSA) is 105 Å². The lowest BCUT2D eigenvalue weighted by Gasteiger charge is -2.15. The number of benzene rings is 2. The second kappa shape index (κ2) is 8.17. The molecule has 3 aromatic rings. The Morgan fingerprint density at radius 2 is 1.96 bits per heavy atom. The molecule has 2 aromatic carbocycles. The van der Waals surface area contributed by atoms with Gasteiger partial charge < -0.3 is 16.8 Å². The van der Waals surface area contributed by atoms with E-state index in [0.717, 1.165) is 11.4 Å². The number of rotatable bonds is 6. The predicted octanol–water partition coefficient (Wildman–Crippen LogP) is 3.85. The zero-order chi connectivity index (χ0) is 20.1. The molecule has 8 heteroatoms. The molecule has 7 nitrogen and oxygen atoms in total. The Morgan fingerprint density at radius 1 is 1.21 bits per heavy atom. The number of anilines is 4. The fraction of sp³-hybridized carbons (Fsp3) is 0.0500. The third-order valence-corrected chi connectivity index (χ3v) is 3.78. The Bertz CT molecular complexity index is 1010. The molecule has 0 unspecified atom stereocenters. The summed E-state index contributed by atoms with van der Waals surface area (Å²) in [6.45, 7) is 5.42. The molecule has 0 aliphatic rings. The van der Waals surface area contributed by atoms with Crippen molar-refractivity contribution in [3.63, 3.8) is 0 Å². The second-order valence-corrected chi connectivity index (χ2v) is 5.94. The number of aromatic nitrogens is 2. The maximum atomic E-state index is 13.7. The monoisotopic (exact) mass is 377 g/mol. The van der Waals surface area contributed by atoms with Gasteiger partial charge in [0.25, 0.3) is 0 Å². The first-order chi connectivity index (χ1) is 13.5. The van der Waals surface area contributed by atoms with Crippen LogP contribution in [0.5, 0.6) is 0 Å². The summed E-state index contributed by atoms with van der Waals surface area (Å²) in [6.07, 6.45) is 3.17. The van der Waals surface area contributed by atoms with Crippen molar-refractivity contribution in [1.29, 1.82) is 0 Å². The van der Waals surface area contributed by atoms with Gasteiger partial charge in [-0.05, 0) is 49.4 Å². The number of halogens is 1. The summed E-state index contributed by atoms with van der Waals surface area (Å²) in [7, 11) is 0. The van der Waals surface area contributed by atoms with Crippen LogP contribution in [0.15, 0.2) is 72.6 Å². The summed E-state index contributed by atoms with van der Waals surface area (Å²) in [6, 6.07) is 13.7. The van der Waals surface area contributed by atoms with Crippen molar-refractivity contribution in [3.05, 3.63) is 73.3 Å². The van der Waals surface area contributed by atoms with E-state index in [0.29, 0.717) is 23.0 Å². The number of nitrogens with one attached hydrogen (secondary N) is 1. The van der Waals surface area contributed by atoms with E-state index in [9.17, 15) is 4.39 Å². The van der Waals surface area contributed by atoms with Gasteiger partial charge in [-0.3, -0.25) is 0 Å². The zero-order valence-electron chi connectivity index (χ0n) is 15.3. The highest BCUT2D eigenvalue weighted by molar-refractivity contribution is 5.79. The maximum Gasteiger partial charge on any atom is 0.227 e. The molecule has 5 N–H and O–H groups in total. The minimum Gasteiger partial charge on any atom is -0.396 e. The number of hydrogen-bond acceptors (Lipinski definition) is 6. The molecule has 142 valence electrons. The Morgan fingerprint density at radius 3 is 2.61 bits per heavy atom. The van der Waals surface area contributed by atoms with Crippen LogP contribution in [0.2, 0.25) is 0 Å². The fourth-order valence-corrected chi connectivity index (χ4v) is 2.47. The number of nitrogens with two attached hydrogens (primary N) is 2. The number of amidine groups is 1. The van der Waals surface area contributed by atoms with Gasteiger partial charge >= 0.3 is 0 Å². The van der Waals surface area contributed by atoms with Gasteiger partial charge in [-0.2, -0.15) is 5.10 Å². The van der Waals surface area contributed by atoms with E-state index < -0.39 is 5.82 Å². The Kier molecular flexibility index (Phi) is 5.50. The number of nitrogen functional groups attached to an aromatic ring is 1. The number of nitrogens with zero attached hydrogens (tertiary/aromatic N) is 4. The minimum atomic E-state index is -0.483. The molecular formula is C20H20FN7. The van der Waals surface area contributed by atoms with E-state index >= 15 is 0 Å². The lowest BCUT2D eigenvalue weighted by Crippen LogP contribution is -2.15. The summed E-state index contributed by atoms with van der Waals surface area (Å²) in [5.74, 6) is 0.327. The van der Waals surface area contributed by atoms with E-state index in [2.05, 4.69) is 27.0 Å². The first kappa shape index (κ1) is 18.8. The Hall–Kier alpha value is -3.94. The molecule has 0 radical (unpaired) electrons. The van der Waals surface area contributed by atoms with Gasteiger partial charge in [0.05, 0.1) is 17.1 Å². The van der Waals surface area contributed by atoms with Crippen LogP contribution >= 0.6 is 0 Å². The largest absolute Gasteiger partial charge is 0.396 e. The van der Waals surface area contributed by atoms with Crippen molar-refractivity contribution < 1.29 is 4.39 Å². The van der Waals surface area contributed by atoms with Gasteiger partial charge in [0.2, 0.25) is 5.95 Å². The predicted molar refractivity (Wildman–Crippen MR) is 112 cm³/mol. The molecule has 0 spiro atoms. The van der Waals surface area contributed by atoms with Crippen LogP contribution in [0.4, 0.5) is 27.4 Å². The normalized spacial score (nSPS) is 11.1. The third kappa shape index (κ3) is 4.42. The van der Waals surface area contributed by atoms with Crippen molar-refractivity contribution >= 4 is 28.8 Å². The van der Waals surface area contributed by atoms with Gasteiger partial charge in [0.1, 0.15) is 11.7 Å². The smallest absolute Gasteiger partial charge is 0.227 e. The van der Waals surface area contributed by atoms with Crippen molar-refractivity contribution in [3.8, 4) is 11.3 Å². The number of hydrogen-bond donors (Lipinski definition) is 3. The highest BCUT2D eigenvalue weighted by Gasteiger charge is 2.07. The van der Waals surface area contributed by atoms with Crippen molar-refractivity contribution in [1.82, 2.24) is 9.97 Å².